The largest absolute Gasteiger partial charge is 0.459 e. The van der Waals surface area contributed by atoms with Gasteiger partial charge >= 0.3 is 0 Å². The Morgan fingerprint density at radius 2 is 1.81 bits per heavy atom. The fraction of sp³-hybridized carbons (Fsp3) is 0.143. The highest BCUT2D eigenvalue weighted by Gasteiger charge is 2.17. The monoisotopic (exact) mass is 366 g/mol. The van der Waals surface area contributed by atoms with E-state index in [0.29, 0.717) is 22.4 Å². The molecule has 2 aromatic carbocycles. The first kappa shape index (κ1) is 18.4. The minimum absolute atomic E-state index is 0.153. The zero-order valence-corrected chi connectivity index (χ0v) is 15.0. The van der Waals surface area contributed by atoms with Crippen molar-refractivity contribution in [1.29, 1.82) is 0 Å². The highest BCUT2D eigenvalue weighted by molar-refractivity contribution is 6.08. The van der Waals surface area contributed by atoms with Crippen LogP contribution in [0.1, 0.15) is 37.6 Å². The van der Waals surface area contributed by atoms with Gasteiger partial charge in [-0.2, -0.15) is 0 Å². The summed E-state index contributed by atoms with van der Waals surface area (Å²) in [6.07, 6.45) is 1.40. The van der Waals surface area contributed by atoms with Gasteiger partial charge in [-0.25, -0.2) is 4.39 Å². The van der Waals surface area contributed by atoms with Gasteiger partial charge < -0.3 is 15.1 Å². The van der Waals surface area contributed by atoms with E-state index >= 15 is 0 Å². The zero-order chi connectivity index (χ0) is 19.4. The maximum absolute atomic E-state index is 13.7. The van der Waals surface area contributed by atoms with Crippen LogP contribution in [0.25, 0.3) is 0 Å². The summed E-state index contributed by atoms with van der Waals surface area (Å²) in [7, 11) is 0. The molecule has 3 aromatic rings. The van der Waals surface area contributed by atoms with Crippen molar-refractivity contribution in [2.45, 2.75) is 20.4 Å². The molecular weight excluding hydrogens is 347 g/mol. The number of para-hydroxylation sites is 1. The molecule has 0 fully saturated rings. The Morgan fingerprint density at radius 1 is 1.00 bits per heavy atom. The molecular formula is C21H19FN2O3. The number of carbonyl (C=O) groups is 2. The van der Waals surface area contributed by atoms with Crippen molar-refractivity contribution in [3.63, 3.8) is 0 Å². The molecule has 0 bridgehead atoms. The number of hydrogen-bond acceptors (Lipinski definition) is 3. The van der Waals surface area contributed by atoms with E-state index in [1.807, 2.05) is 0 Å². The molecule has 0 aliphatic rings. The van der Waals surface area contributed by atoms with Crippen LogP contribution in [0.15, 0.2) is 59.2 Å². The molecule has 0 saturated carbocycles. The van der Waals surface area contributed by atoms with E-state index < -0.39 is 5.91 Å². The molecule has 0 unspecified atom stereocenters. The second-order valence-corrected chi connectivity index (χ2v) is 6.20. The number of nitrogens with one attached hydrogen (secondary N) is 2. The van der Waals surface area contributed by atoms with Crippen LogP contribution in [0.4, 0.5) is 10.1 Å². The predicted molar refractivity (Wildman–Crippen MR) is 100 cm³/mol. The van der Waals surface area contributed by atoms with E-state index in [9.17, 15) is 14.0 Å². The topological polar surface area (TPSA) is 71.3 Å². The molecule has 0 saturated heterocycles. The smallest absolute Gasteiger partial charge is 0.291 e. The Kier molecular flexibility index (Phi) is 5.35. The van der Waals surface area contributed by atoms with E-state index in [2.05, 4.69) is 10.6 Å². The van der Waals surface area contributed by atoms with Gasteiger partial charge in [-0.15, -0.1) is 0 Å². The summed E-state index contributed by atoms with van der Waals surface area (Å²) >= 11 is 0. The molecule has 2 N–H and O–H groups in total. The lowest BCUT2D eigenvalue weighted by molar-refractivity contribution is 0.0951. The number of carbonyl (C=O) groups excluding carboxylic acids is 2. The summed E-state index contributed by atoms with van der Waals surface area (Å²) in [5.41, 5.74) is 2.67. The van der Waals surface area contributed by atoms with Crippen molar-refractivity contribution in [2.75, 3.05) is 5.32 Å². The highest BCUT2D eigenvalue weighted by atomic mass is 19.1. The van der Waals surface area contributed by atoms with Gasteiger partial charge in [0.15, 0.2) is 5.76 Å². The molecule has 0 aliphatic heterocycles. The van der Waals surface area contributed by atoms with Gasteiger partial charge in [-0.05, 0) is 54.8 Å². The second-order valence-electron chi connectivity index (χ2n) is 6.20. The average Bonchev–Trinajstić information content (AvgIpc) is 3.19. The van der Waals surface area contributed by atoms with Crippen molar-refractivity contribution < 1.29 is 18.4 Å². The fourth-order valence-electron chi connectivity index (χ4n) is 2.63. The molecule has 5 nitrogen and oxygen atoms in total. The van der Waals surface area contributed by atoms with Gasteiger partial charge in [0.05, 0.1) is 17.5 Å². The molecule has 3 rings (SSSR count). The third-order valence-corrected chi connectivity index (χ3v) is 4.19. The molecule has 1 aromatic heterocycles. The highest BCUT2D eigenvalue weighted by Crippen LogP contribution is 2.22. The van der Waals surface area contributed by atoms with Crippen LogP contribution in [0, 0.1) is 19.7 Å². The van der Waals surface area contributed by atoms with Gasteiger partial charge in [0.25, 0.3) is 11.8 Å². The Labute approximate surface area is 156 Å². The number of aryl methyl sites for hydroxylation is 2. The van der Waals surface area contributed by atoms with E-state index in [1.54, 1.807) is 56.3 Å². The van der Waals surface area contributed by atoms with Gasteiger partial charge in [0.2, 0.25) is 0 Å². The Bertz CT molecular complexity index is 981. The van der Waals surface area contributed by atoms with Crippen molar-refractivity contribution in [3.05, 3.63) is 88.6 Å². The van der Waals surface area contributed by atoms with E-state index in [4.69, 9.17) is 4.42 Å². The van der Waals surface area contributed by atoms with Crippen molar-refractivity contribution >= 4 is 17.5 Å². The molecule has 2 amide bonds. The lowest BCUT2D eigenvalue weighted by Crippen LogP contribution is -2.25. The minimum atomic E-state index is -0.441. The first-order chi connectivity index (χ1) is 13.0. The fourth-order valence-corrected chi connectivity index (χ4v) is 2.63. The van der Waals surface area contributed by atoms with Crippen molar-refractivity contribution in [2.24, 2.45) is 0 Å². The number of rotatable bonds is 5. The summed E-state index contributed by atoms with van der Waals surface area (Å²) in [6.45, 7) is 3.65. The number of halogens is 1. The van der Waals surface area contributed by atoms with Crippen LogP contribution in [0.2, 0.25) is 0 Å². The maximum atomic E-state index is 13.7. The van der Waals surface area contributed by atoms with E-state index in [-0.39, 0.29) is 24.0 Å². The molecule has 138 valence electrons. The predicted octanol–water partition coefficient (Wildman–Crippen LogP) is 4.22. The maximum Gasteiger partial charge on any atom is 0.291 e. The van der Waals surface area contributed by atoms with Crippen LogP contribution in [0.3, 0.4) is 0 Å². The van der Waals surface area contributed by atoms with Crippen LogP contribution in [0.5, 0.6) is 0 Å². The number of anilines is 1. The van der Waals surface area contributed by atoms with E-state index in [1.165, 1.54) is 12.3 Å². The SMILES string of the molecule is Cc1ccc(CNC(=O)c2cccc(C)c2NC(=O)c2ccco2)cc1F. The standard InChI is InChI=1S/C21H19FN2O3/c1-13-8-9-15(11-17(13)22)12-23-20(25)16-6-3-5-14(2)19(16)24-21(26)18-7-4-10-27-18/h3-11H,12H2,1-2H3,(H,23,25)(H,24,26). The van der Waals surface area contributed by atoms with Gasteiger partial charge in [-0.3, -0.25) is 9.59 Å². The second kappa shape index (κ2) is 7.86. The summed E-state index contributed by atoms with van der Waals surface area (Å²) in [5.74, 6) is -0.971. The summed E-state index contributed by atoms with van der Waals surface area (Å²) in [5, 5.41) is 5.48. The van der Waals surface area contributed by atoms with Crippen LogP contribution >= 0.6 is 0 Å². The van der Waals surface area contributed by atoms with E-state index in [0.717, 1.165) is 5.56 Å². The average molecular weight is 366 g/mol. The van der Waals surface area contributed by atoms with Crippen LogP contribution < -0.4 is 10.6 Å². The molecule has 1 heterocycles. The summed E-state index contributed by atoms with van der Waals surface area (Å²) in [4.78, 5) is 24.9. The van der Waals surface area contributed by atoms with Gasteiger partial charge in [0.1, 0.15) is 5.82 Å². The lowest BCUT2D eigenvalue weighted by Gasteiger charge is -2.13. The van der Waals surface area contributed by atoms with Crippen molar-refractivity contribution in [3.8, 4) is 0 Å². The molecule has 0 aliphatic carbocycles. The Hall–Kier alpha value is -3.41. The Morgan fingerprint density at radius 3 is 2.52 bits per heavy atom. The normalized spacial score (nSPS) is 10.5. The first-order valence-corrected chi connectivity index (χ1v) is 8.43. The minimum Gasteiger partial charge on any atom is -0.459 e. The molecule has 27 heavy (non-hydrogen) atoms. The third-order valence-electron chi connectivity index (χ3n) is 4.19. The zero-order valence-electron chi connectivity index (χ0n) is 15.0. The van der Waals surface area contributed by atoms with Gasteiger partial charge in [0, 0.05) is 6.54 Å². The van der Waals surface area contributed by atoms with Gasteiger partial charge in [-0.1, -0.05) is 24.3 Å². The molecule has 0 spiro atoms. The van der Waals surface area contributed by atoms with Crippen LogP contribution in [-0.4, -0.2) is 11.8 Å². The molecule has 6 heteroatoms. The van der Waals surface area contributed by atoms with Crippen LogP contribution in [-0.2, 0) is 6.54 Å². The number of hydrogen-bond donors (Lipinski definition) is 2. The molecule has 0 radical (unpaired) electrons. The first-order valence-electron chi connectivity index (χ1n) is 8.43. The van der Waals surface area contributed by atoms with Crippen molar-refractivity contribution in [1.82, 2.24) is 5.32 Å². The Balaban J connectivity index is 1.77. The molecule has 0 atom stereocenters. The lowest BCUT2D eigenvalue weighted by atomic mass is 10.1. The number of benzene rings is 2. The number of amides is 2. The quantitative estimate of drug-likeness (QED) is 0.710. The summed E-state index contributed by atoms with van der Waals surface area (Å²) in [6, 6.07) is 13.1. The third kappa shape index (κ3) is 4.23. The number of furan rings is 1. The summed E-state index contributed by atoms with van der Waals surface area (Å²) < 4.78 is 18.7.